The Morgan fingerprint density at radius 2 is 1.65 bits per heavy atom. The van der Waals surface area contributed by atoms with Gasteiger partial charge in [0.25, 0.3) is 11.7 Å². The molecule has 1 atom stereocenters. The summed E-state index contributed by atoms with van der Waals surface area (Å²) in [6.45, 7) is 2.61. The highest BCUT2D eigenvalue weighted by Gasteiger charge is 2.46. The fraction of sp³-hybridized carbons (Fsp3) is 0.133. The van der Waals surface area contributed by atoms with E-state index in [1.807, 2.05) is 31.2 Å². The molecule has 1 N–H and O–H groups in total. The zero-order chi connectivity index (χ0) is 25.8. The van der Waals surface area contributed by atoms with Gasteiger partial charge in [-0.05, 0) is 60.0 Å². The maximum absolute atomic E-state index is 13.2. The van der Waals surface area contributed by atoms with Gasteiger partial charge in [0.05, 0.1) is 11.6 Å². The molecule has 3 heterocycles. The Labute approximate surface area is 214 Å². The van der Waals surface area contributed by atoms with E-state index in [4.69, 9.17) is 4.74 Å². The lowest BCUT2D eigenvalue weighted by molar-refractivity contribution is -0.140. The molecule has 4 aromatic rings. The molecule has 0 spiro atoms. The molecule has 0 bridgehead atoms. The van der Waals surface area contributed by atoms with Gasteiger partial charge < -0.3 is 14.7 Å². The second-order valence-electron chi connectivity index (χ2n) is 8.88. The first-order valence-electron chi connectivity index (χ1n) is 11.9. The van der Waals surface area contributed by atoms with Gasteiger partial charge in [0.15, 0.2) is 0 Å². The molecule has 1 amide bonds. The van der Waals surface area contributed by atoms with Gasteiger partial charge >= 0.3 is 0 Å². The van der Waals surface area contributed by atoms with Gasteiger partial charge in [-0.15, -0.1) is 0 Å². The summed E-state index contributed by atoms with van der Waals surface area (Å²) < 4.78 is 5.88. The molecule has 2 aromatic heterocycles. The predicted octanol–water partition coefficient (Wildman–Crippen LogP) is 4.99. The van der Waals surface area contributed by atoms with E-state index < -0.39 is 17.7 Å². The number of aromatic nitrogens is 2. The largest absolute Gasteiger partial charge is 0.507 e. The summed E-state index contributed by atoms with van der Waals surface area (Å²) in [6, 6.07) is 21.2. The first kappa shape index (κ1) is 23.9. The highest BCUT2D eigenvalue weighted by molar-refractivity contribution is 6.46. The molecule has 1 unspecified atom stereocenters. The number of rotatable bonds is 7. The van der Waals surface area contributed by atoms with Crippen molar-refractivity contribution in [2.24, 2.45) is 0 Å². The number of carbonyl (C=O) groups excluding carboxylic acids is 2. The van der Waals surface area contributed by atoms with Crippen LogP contribution in [0.4, 0.5) is 0 Å². The number of aliphatic hydroxyl groups is 1. The lowest BCUT2D eigenvalue weighted by atomic mass is 9.96. The van der Waals surface area contributed by atoms with E-state index >= 15 is 0 Å². The Morgan fingerprint density at radius 3 is 2.32 bits per heavy atom. The minimum atomic E-state index is -0.786. The normalized spacial score (nSPS) is 16.7. The average Bonchev–Trinajstić information content (AvgIpc) is 3.18. The van der Waals surface area contributed by atoms with Gasteiger partial charge in [0.2, 0.25) is 0 Å². The lowest BCUT2D eigenvalue weighted by Crippen LogP contribution is -2.29. The summed E-state index contributed by atoms with van der Waals surface area (Å²) in [5.74, 6) is -1.04. The van der Waals surface area contributed by atoms with Gasteiger partial charge in [-0.3, -0.25) is 19.6 Å². The quantitative estimate of drug-likeness (QED) is 0.223. The molecule has 5 rings (SSSR count). The van der Waals surface area contributed by atoms with Crippen LogP contribution >= 0.6 is 0 Å². The van der Waals surface area contributed by atoms with E-state index in [1.165, 1.54) is 4.90 Å². The summed E-state index contributed by atoms with van der Waals surface area (Å²) in [5, 5.41) is 11.3. The van der Waals surface area contributed by atoms with Crippen molar-refractivity contribution in [2.45, 2.75) is 26.1 Å². The molecule has 0 aliphatic carbocycles. The van der Waals surface area contributed by atoms with Gasteiger partial charge in [0, 0.05) is 36.9 Å². The fourth-order valence-corrected chi connectivity index (χ4v) is 4.45. The van der Waals surface area contributed by atoms with E-state index in [-0.39, 0.29) is 17.9 Å². The number of benzene rings is 2. The molecule has 37 heavy (non-hydrogen) atoms. The summed E-state index contributed by atoms with van der Waals surface area (Å²) in [5.41, 5.74) is 4.05. The number of nitrogens with zero attached hydrogens (tertiary/aromatic N) is 3. The van der Waals surface area contributed by atoms with Crippen LogP contribution in [0.3, 0.4) is 0 Å². The molecule has 1 fully saturated rings. The zero-order valence-corrected chi connectivity index (χ0v) is 20.2. The number of aliphatic hydroxyl groups excluding tert-OH is 1. The van der Waals surface area contributed by atoms with E-state index in [0.29, 0.717) is 23.5 Å². The second kappa shape index (κ2) is 10.5. The maximum Gasteiger partial charge on any atom is 0.295 e. The Bertz CT molecular complexity index is 1450. The number of carbonyl (C=O) groups is 2. The van der Waals surface area contributed by atoms with Crippen LogP contribution in [0.1, 0.15) is 33.9 Å². The fourth-order valence-electron chi connectivity index (χ4n) is 4.45. The number of Topliss-reactive ketones (excluding diaryl/α,β-unsaturated/α-hetero) is 1. The van der Waals surface area contributed by atoms with Gasteiger partial charge in [0.1, 0.15) is 18.1 Å². The Kier molecular flexibility index (Phi) is 6.76. The topological polar surface area (TPSA) is 92.6 Å². The molecular formula is C30H25N3O4. The standard InChI is InChI=1S/C30H25N3O4/c1-20-5-2-6-21(15-20)19-37-25-11-9-23(10-12-25)28(34)26-27(24-8-4-14-32-17-24)33(30(36)29(26)35)18-22-7-3-13-31-16-22/h2-17,27,34H,18-19H2,1H3/b28-26-. The summed E-state index contributed by atoms with van der Waals surface area (Å²) in [6.07, 6.45) is 6.51. The van der Waals surface area contributed by atoms with Crippen LogP contribution in [0.2, 0.25) is 0 Å². The van der Waals surface area contributed by atoms with Crippen LogP contribution in [-0.4, -0.2) is 31.7 Å². The first-order valence-corrected chi connectivity index (χ1v) is 11.9. The Hall–Kier alpha value is -4.78. The van der Waals surface area contributed by atoms with E-state index in [0.717, 1.165) is 16.7 Å². The van der Waals surface area contributed by atoms with Crippen molar-refractivity contribution in [1.29, 1.82) is 0 Å². The molecule has 1 aliphatic heterocycles. The molecule has 1 saturated heterocycles. The molecule has 7 nitrogen and oxygen atoms in total. The van der Waals surface area contributed by atoms with Crippen LogP contribution in [0.25, 0.3) is 5.76 Å². The van der Waals surface area contributed by atoms with Crippen LogP contribution in [-0.2, 0) is 22.7 Å². The van der Waals surface area contributed by atoms with Crippen LogP contribution in [0.5, 0.6) is 5.75 Å². The van der Waals surface area contributed by atoms with Crippen molar-refractivity contribution in [3.8, 4) is 5.75 Å². The number of likely N-dealkylation sites (tertiary alicyclic amines) is 1. The molecule has 1 aliphatic rings. The molecular weight excluding hydrogens is 466 g/mol. The predicted molar refractivity (Wildman–Crippen MR) is 138 cm³/mol. The average molecular weight is 492 g/mol. The Balaban J connectivity index is 1.45. The summed E-state index contributed by atoms with van der Waals surface area (Å²) >= 11 is 0. The smallest absolute Gasteiger partial charge is 0.295 e. The number of aryl methyl sites for hydroxylation is 1. The molecule has 0 saturated carbocycles. The van der Waals surface area contributed by atoms with Crippen LogP contribution < -0.4 is 4.74 Å². The summed E-state index contributed by atoms with van der Waals surface area (Å²) in [7, 11) is 0. The number of amides is 1. The van der Waals surface area contributed by atoms with Crippen molar-refractivity contribution in [3.63, 3.8) is 0 Å². The van der Waals surface area contributed by atoms with Gasteiger partial charge in [-0.2, -0.15) is 0 Å². The third-order valence-corrected chi connectivity index (χ3v) is 6.23. The van der Waals surface area contributed by atoms with Crippen LogP contribution in [0, 0.1) is 6.92 Å². The van der Waals surface area contributed by atoms with Gasteiger partial charge in [-0.25, -0.2) is 0 Å². The highest BCUT2D eigenvalue weighted by Crippen LogP contribution is 2.40. The Morgan fingerprint density at radius 1 is 0.919 bits per heavy atom. The third-order valence-electron chi connectivity index (χ3n) is 6.23. The first-order chi connectivity index (χ1) is 18.0. The van der Waals surface area contributed by atoms with Crippen molar-refractivity contribution < 1.29 is 19.4 Å². The monoisotopic (exact) mass is 491 g/mol. The van der Waals surface area contributed by atoms with Crippen molar-refractivity contribution in [1.82, 2.24) is 14.9 Å². The third kappa shape index (κ3) is 5.11. The van der Waals surface area contributed by atoms with E-state index in [2.05, 4.69) is 16.0 Å². The SMILES string of the molecule is Cc1cccc(COc2ccc(/C(O)=C3/C(=O)C(=O)N(Cc4cccnc4)C3c3cccnc3)cc2)c1. The van der Waals surface area contributed by atoms with E-state index in [1.54, 1.807) is 67.3 Å². The molecule has 184 valence electrons. The van der Waals surface area contributed by atoms with Crippen molar-refractivity contribution >= 4 is 17.4 Å². The summed E-state index contributed by atoms with van der Waals surface area (Å²) in [4.78, 5) is 36.0. The van der Waals surface area contributed by atoms with Gasteiger partial charge in [-0.1, -0.05) is 42.0 Å². The number of ketones is 1. The number of ether oxygens (including phenoxy) is 1. The van der Waals surface area contributed by atoms with E-state index in [9.17, 15) is 14.7 Å². The highest BCUT2D eigenvalue weighted by atomic mass is 16.5. The van der Waals surface area contributed by atoms with Crippen LogP contribution in [0.15, 0.2) is 103 Å². The number of hydrogen-bond donors (Lipinski definition) is 1. The van der Waals surface area contributed by atoms with Crippen molar-refractivity contribution in [3.05, 3.63) is 131 Å². The number of hydrogen-bond acceptors (Lipinski definition) is 6. The molecule has 7 heteroatoms. The molecule has 2 aromatic carbocycles. The number of pyridine rings is 2. The second-order valence-corrected chi connectivity index (χ2v) is 8.88. The zero-order valence-electron chi connectivity index (χ0n) is 20.2. The molecule has 0 radical (unpaired) electrons. The minimum absolute atomic E-state index is 0.0234. The lowest BCUT2D eigenvalue weighted by Gasteiger charge is -2.25. The minimum Gasteiger partial charge on any atom is -0.507 e. The van der Waals surface area contributed by atoms with Crippen molar-refractivity contribution in [2.75, 3.05) is 0 Å². The maximum atomic E-state index is 13.2.